The molecule has 2 aliphatic rings. The molecule has 2 heterocycles. The Labute approximate surface area is 105 Å². The maximum absolute atomic E-state index is 8.86. The molecule has 4 heteroatoms. The highest BCUT2D eigenvalue weighted by Crippen LogP contribution is 2.17. The predicted molar refractivity (Wildman–Crippen MR) is 68.5 cm³/mol. The molecule has 0 aromatic heterocycles. The van der Waals surface area contributed by atoms with E-state index in [4.69, 9.17) is 5.26 Å². The molecule has 0 aromatic rings. The van der Waals surface area contributed by atoms with E-state index in [2.05, 4.69) is 27.7 Å². The van der Waals surface area contributed by atoms with Crippen LogP contribution in [0.2, 0.25) is 0 Å². The Morgan fingerprint density at radius 2 is 1.88 bits per heavy atom. The number of hydrogen-bond donors (Lipinski definition) is 0. The van der Waals surface area contributed by atoms with Crippen molar-refractivity contribution in [3.63, 3.8) is 0 Å². The SMILES string of the molecule is CCCN1CC(N2CCCC2)CN(CC#N)C1. The lowest BCUT2D eigenvalue weighted by Gasteiger charge is -2.42. The molecule has 0 bridgehead atoms. The molecular formula is C13H24N4. The zero-order valence-electron chi connectivity index (χ0n) is 10.9. The zero-order chi connectivity index (χ0) is 12.1. The maximum Gasteiger partial charge on any atom is 0.0876 e. The Morgan fingerprint density at radius 1 is 1.18 bits per heavy atom. The van der Waals surface area contributed by atoms with Gasteiger partial charge in [0.2, 0.25) is 0 Å². The summed E-state index contributed by atoms with van der Waals surface area (Å²) in [5, 5.41) is 8.86. The van der Waals surface area contributed by atoms with Crippen molar-refractivity contribution < 1.29 is 0 Å². The van der Waals surface area contributed by atoms with Crippen LogP contribution in [0.3, 0.4) is 0 Å². The summed E-state index contributed by atoms with van der Waals surface area (Å²) in [5.41, 5.74) is 0. The van der Waals surface area contributed by atoms with Crippen LogP contribution < -0.4 is 0 Å². The molecule has 0 saturated carbocycles. The van der Waals surface area contributed by atoms with E-state index in [1.807, 2.05) is 0 Å². The van der Waals surface area contributed by atoms with Gasteiger partial charge in [-0.2, -0.15) is 5.26 Å². The summed E-state index contributed by atoms with van der Waals surface area (Å²) in [6.07, 6.45) is 3.90. The second kappa shape index (κ2) is 6.34. The van der Waals surface area contributed by atoms with E-state index < -0.39 is 0 Å². The molecule has 2 saturated heterocycles. The fourth-order valence-corrected chi connectivity index (χ4v) is 3.08. The fourth-order valence-electron chi connectivity index (χ4n) is 3.08. The lowest BCUT2D eigenvalue weighted by molar-refractivity contribution is 0.0301. The summed E-state index contributed by atoms with van der Waals surface area (Å²) in [4.78, 5) is 7.41. The molecule has 96 valence electrons. The monoisotopic (exact) mass is 236 g/mol. The van der Waals surface area contributed by atoms with Crippen LogP contribution in [-0.4, -0.2) is 66.7 Å². The Balaban J connectivity index is 1.93. The van der Waals surface area contributed by atoms with Crippen LogP contribution in [0.15, 0.2) is 0 Å². The predicted octanol–water partition coefficient (Wildman–Crippen LogP) is 0.959. The third-order valence-electron chi connectivity index (χ3n) is 3.83. The van der Waals surface area contributed by atoms with Gasteiger partial charge in [0.15, 0.2) is 0 Å². The molecule has 0 amide bonds. The minimum Gasteiger partial charge on any atom is -0.298 e. The quantitative estimate of drug-likeness (QED) is 0.681. The molecule has 2 aliphatic heterocycles. The Kier molecular flexibility index (Phi) is 4.78. The Hall–Kier alpha value is -0.630. The summed E-state index contributed by atoms with van der Waals surface area (Å²) in [5.74, 6) is 0. The molecule has 0 radical (unpaired) electrons. The first-order valence-electron chi connectivity index (χ1n) is 6.89. The minimum absolute atomic E-state index is 0.574. The molecule has 0 aromatic carbocycles. The molecule has 17 heavy (non-hydrogen) atoms. The van der Waals surface area contributed by atoms with Gasteiger partial charge in [-0.1, -0.05) is 6.92 Å². The standard InChI is InChI=1S/C13H24N4/c1-2-6-15-10-13(17-7-3-4-8-17)11-16(12-15)9-5-14/h13H,2-4,6-12H2,1H3. The van der Waals surface area contributed by atoms with Crippen molar-refractivity contribution >= 4 is 0 Å². The Bertz CT molecular complexity index is 267. The highest BCUT2D eigenvalue weighted by Gasteiger charge is 2.30. The van der Waals surface area contributed by atoms with Gasteiger partial charge in [0.1, 0.15) is 0 Å². The molecular weight excluding hydrogens is 212 g/mol. The van der Waals surface area contributed by atoms with Crippen molar-refractivity contribution in [2.45, 2.75) is 32.2 Å². The first kappa shape index (κ1) is 12.8. The fraction of sp³-hybridized carbons (Fsp3) is 0.923. The van der Waals surface area contributed by atoms with E-state index in [0.29, 0.717) is 12.6 Å². The molecule has 0 aliphatic carbocycles. The van der Waals surface area contributed by atoms with Crippen LogP contribution >= 0.6 is 0 Å². The van der Waals surface area contributed by atoms with Gasteiger partial charge in [0.05, 0.1) is 19.3 Å². The largest absolute Gasteiger partial charge is 0.298 e. The van der Waals surface area contributed by atoms with E-state index in [1.54, 1.807) is 0 Å². The van der Waals surface area contributed by atoms with Crippen LogP contribution in [0.1, 0.15) is 26.2 Å². The summed E-state index contributed by atoms with van der Waals surface area (Å²) in [7, 11) is 0. The van der Waals surface area contributed by atoms with E-state index >= 15 is 0 Å². The van der Waals surface area contributed by atoms with Crippen LogP contribution in [-0.2, 0) is 0 Å². The van der Waals surface area contributed by atoms with Crippen LogP contribution in [0, 0.1) is 11.3 Å². The van der Waals surface area contributed by atoms with Gasteiger partial charge in [-0.15, -0.1) is 0 Å². The molecule has 0 N–H and O–H groups in total. The van der Waals surface area contributed by atoms with Gasteiger partial charge in [-0.05, 0) is 38.9 Å². The normalized spacial score (nSPS) is 28.4. The van der Waals surface area contributed by atoms with E-state index in [0.717, 1.165) is 19.8 Å². The van der Waals surface area contributed by atoms with E-state index in [9.17, 15) is 0 Å². The van der Waals surface area contributed by atoms with Crippen molar-refractivity contribution in [2.75, 3.05) is 45.9 Å². The van der Waals surface area contributed by atoms with Crippen molar-refractivity contribution in [1.29, 1.82) is 5.26 Å². The topological polar surface area (TPSA) is 33.5 Å². The summed E-state index contributed by atoms with van der Waals surface area (Å²) in [6, 6.07) is 2.94. The number of rotatable bonds is 4. The highest BCUT2D eigenvalue weighted by atomic mass is 15.4. The number of hydrogen-bond acceptors (Lipinski definition) is 4. The molecule has 1 atom stereocenters. The summed E-state index contributed by atoms with van der Waals surface area (Å²) < 4.78 is 0. The van der Waals surface area contributed by atoms with Gasteiger partial charge >= 0.3 is 0 Å². The molecule has 2 rings (SSSR count). The van der Waals surface area contributed by atoms with Gasteiger partial charge in [-0.3, -0.25) is 14.7 Å². The van der Waals surface area contributed by atoms with Crippen molar-refractivity contribution in [3.05, 3.63) is 0 Å². The average Bonchev–Trinajstić information content (AvgIpc) is 2.83. The van der Waals surface area contributed by atoms with Crippen LogP contribution in [0.25, 0.3) is 0 Å². The smallest absolute Gasteiger partial charge is 0.0876 e. The lowest BCUT2D eigenvalue weighted by Crippen LogP contribution is -2.57. The molecule has 0 spiro atoms. The number of likely N-dealkylation sites (tertiary alicyclic amines) is 1. The Morgan fingerprint density at radius 3 is 2.53 bits per heavy atom. The zero-order valence-corrected chi connectivity index (χ0v) is 10.9. The van der Waals surface area contributed by atoms with E-state index in [-0.39, 0.29) is 0 Å². The summed E-state index contributed by atoms with van der Waals surface area (Å²) in [6.45, 7) is 9.72. The number of nitriles is 1. The van der Waals surface area contributed by atoms with Gasteiger partial charge < -0.3 is 0 Å². The minimum atomic E-state index is 0.574. The summed E-state index contributed by atoms with van der Waals surface area (Å²) >= 11 is 0. The van der Waals surface area contributed by atoms with Gasteiger partial charge in [0.25, 0.3) is 0 Å². The molecule has 2 fully saturated rings. The van der Waals surface area contributed by atoms with E-state index in [1.165, 1.54) is 38.9 Å². The van der Waals surface area contributed by atoms with Gasteiger partial charge in [0, 0.05) is 19.1 Å². The average molecular weight is 236 g/mol. The van der Waals surface area contributed by atoms with Crippen molar-refractivity contribution in [3.8, 4) is 6.07 Å². The van der Waals surface area contributed by atoms with Crippen molar-refractivity contribution in [1.82, 2.24) is 14.7 Å². The maximum atomic E-state index is 8.86. The first-order valence-corrected chi connectivity index (χ1v) is 6.89. The third kappa shape index (κ3) is 3.41. The lowest BCUT2D eigenvalue weighted by atomic mass is 10.1. The third-order valence-corrected chi connectivity index (χ3v) is 3.83. The second-order valence-corrected chi connectivity index (χ2v) is 5.28. The molecule has 4 nitrogen and oxygen atoms in total. The van der Waals surface area contributed by atoms with Crippen LogP contribution in [0.5, 0.6) is 0 Å². The second-order valence-electron chi connectivity index (χ2n) is 5.28. The highest BCUT2D eigenvalue weighted by molar-refractivity contribution is 4.88. The number of nitrogens with zero attached hydrogens (tertiary/aromatic N) is 4. The van der Waals surface area contributed by atoms with Crippen molar-refractivity contribution in [2.24, 2.45) is 0 Å². The van der Waals surface area contributed by atoms with Crippen LogP contribution in [0.4, 0.5) is 0 Å². The first-order chi connectivity index (χ1) is 8.33. The molecule has 1 unspecified atom stereocenters. The van der Waals surface area contributed by atoms with Gasteiger partial charge in [-0.25, -0.2) is 0 Å².